The van der Waals surface area contributed by atoms with E-state index in [1.54, 1.807) is 0 Å². The fourth-order valence-corrected chi connectivity index (χ4v) is 1.31. The summed E-state index contributed by atoms with van der Waals surface area (Å²) in [7, 11) is 0. The number of aldehydes is 1. The first kappa shape index (κ1) is 10.8. The zero-order valence-corrected chi connectivity index (χ0v) is 7.63. The van der Waals surface area contributed by atoms with E-state index >= 15 is 0 Å². The van der Waals surface area contributed by atoms with Crippen LogP contribution >= 0.6 is 11.6 Å². The normalized spacial score (nSPS) is 10.6. The van der Waals surface area contributed by atoms with Crippen LogP contribution in [0.4, 0.5) is 8.78 Å². The van der Waals surface area contributed by atoms with E-state index in [0.29, 0.717) is 0 Å². The van der Waals surface area contributed by atoms with Gasteiger partial charge in [0.05, 0.1) is 17.6 Å². The molecule has 1 N–H and O–H groups in total. The average molecular weight is 222 g/mol. The van der Waals surface area contributed by atoms with Crippen molar-refractivity contribution in [1.82, 2.24) is 4.98 Å². The van der Waals surface area contributed by atoms with Crippen molar-refractivity contribution in [2.75, 3.05) is 0 Å². The minimum Gasteiger partial charge on any atom is -0.506 e. The minimum absolute atomic E-state index is 0.128. The van der Waals surface area contributed by atoms with Crippen LogP contribution in [-0.4, -0.2) is 16.4 Å². The highest BCUT2D eigenvalue weighted by molar-refractivity contribution is 6.17. The number of pyridine rings is 1. The topological polar surface area (TPSA) is 50.2 Å². The third-order valence-corrected chi connectivity index (χ3v) is 1.96. The second kappa shape index (κ2) is 4.32. The molecule has 0 saturated carbocycles. The summed E-state index contributed by atoms with van der Waals surface area (Å²) in [4.78, 5) is 13.8. The van der Waals surface area contributed by atoms with E-state index in [1.807, 2.05) is 0 Å². The molecule has 1 heterocycles. The minimum atomic E-state index is -2.82. The molecule has 3 nitrogen and oxygen atoms in total. The number of aromatic nitrogens is 1. The standard InChI is InChI=1S/C8H6ClF2NO2/c9-1-4-5(3-13)6(14)2-12-7(4)8(10)11/h2-3,8,14H,1H2. The van der Waals surface area contributed by atoms with E-state index in [2.05, 4.69) is 4.98 Å². The SMILES string of the molecule is O=Cc1c(O)cnc(C(F)F)c1CCl. The second-order valence-corrected chi connectivity index (χ2v) is 2.74. The lowest BCUT2D eigenvalue weighted by molar-refractivity contribution is 0.111. The van der Waals surface area contributed by atoms with Crippen LogP contribution in [0, 0.1) is 0 Å². The van der Waals surface area contributed by atoms with Crippen molar-refractivity contribution in [2.24, 2.45) is 0 Å². The van der Waals surface area contributed by atoms with Crippen molar-refractivity contribution in [1.29, 1.82) is 0 Å². The van der Waals surface area contributed by atoms with Crippen molar-refractivity contribution in [3.8, 4) is 5.75 Å². The molecule has 0 aliphatic rings. The lowest BCUT2D eigenvalue weighted by atomic mass is 10.1. The maximum atomic E-state index is 12.3. The molecule has 6 heteroatoms. The van der Waals surface area contributed by atoms with Crippen LogP contribution in [-0.2, 0) is 5.88 Å². The van der Waals surface area contributed by atoms with E-state index in [9.17, 15) is 13.6 Å². The molecular formula is C8H6ClF2NO2. The zero-order valence-electron chi connectivity index (χ0n) is 6.88. The molecule has 0 atom stereocenters. The summed E-state index contributed by atoms with van der Waals surface area (Å²) in [6, 6.07) is 0. The van der Waals surface area contributed by atoms with Crippen molar-refractivity contribution < 1.29 is 18.7 Å². The zero-order chi connectivity index (χ0) is 10.7. The molecular weight excluding hydrogens is 216 g/mol. The van der Waals surface area contributed by atoms with Crippen LogP contribution in [0.3, 0.4) is 0 Å². The number of carbonyl (C=O) groups excluding carboxylic acids is 1. The summed E-state index contributed by atoms with van der Waals surface area (Å²) in [5.74, 6) is -0.741. The first-order chi connectivity index (χ1) is 6.61. The molecule has 1 aromatic rings. The molecule has 76 valence electrons. The highest BCUT2D eigenvalue weighted by Gasteiger charge is 2.19. The number of aromatic hydroxyl groups is 1. The summed E-state index contributed by atoms with van der Waals surface area (Å²) in [6.07, 6.45) is -1.73. The van der Waals surface area contributed by atoms with Gasteiger partial charge < -0.3 is 5.11 Å². The summed E-state index contributed by atoms with van der Waals surface area (Å²) < 4.78 is 24.7. The maximum Gasteiger partial charge on any atom is 0.280 e. The molecule has 0 spiro atoms. The van der Waals surface area contributed by atoms with Crippen LogP contribution in [0.25, 0.3) is 0 Å². The van der Waals surface area contributed by atoms with Crippen LogP contribution in [0.15, 0.2) is 6.20 Å². The first-order valence-corrected chi connectivity index (χ1v) is 4.15. The molecule has 0 aromatic carbocycles. The predicted octanol–water partition coefficient (Wildman–Crippen LogP) is 2.28. The Kier molecular flexibility index (Phi) is 3.35. The smallest absolute Gasteiger partial charge is 0.280 e. The summed E-state index contributed by atoms with van der Waals surface area (Å²) in [5.41, 5.74) is -0.929. The van der Waals surface area contributed by atoms with Gasteiger partial charge in [0.2, 0.25) is 0 Å². The van der Waals surface area contributed by atoms with Gasteiger partial charge in [0.25, 0.3) is 6.43 Å². The fourth-order valence-electron chi connectivity index (χ4n) is 1.03. The third-order valence-electron chi connectivity index (χ3n) is 1.69. The van der Waals surface area contributed by atoms with E-state index in [4.69, 9.17) is 16.7 Å². The van der Waals surface area contributed by atoms with Gasteiger partial charge in [0.15, 0.2) is 6.29 Å². The van der Waals surface area contributed by atoms with Gasteiger partial charge in [-0.3, -0.25) is 9.78 Å². The lowest BCUT2D eigenvalue weighted by Gasteiger charge is -2.08. The van der Waals surface area contributed by atoms with Gasteiger partial charge in [-0.25, -0.2) is 8.78 Å². The van der Waals surface area contributed by atoms with Gasteiger partial charge >= 0.3 is 0 Å². The predicted molar refractivity (Wildman–Crippen MR) is 45.8 cm³/mol. The molecule has 0 amide bonds. The van der Waals surface area contributed by atoms with Crippen LogP contribution in [0.5, 0.6) is 5.75 Å². The monoisotopic (exact) mass is 221 g/mol. The van der Waals surface area contributed by atoms with E-state index in [0.717, 1.165) is 6.20 Å². The Morgan fingerprint density at radius 1 is 1.64 bits per heavy atom. The molecule has 1 aromatic heterocycles. The Bertz CT molecular complexity index is 357. The number of nitrogens with zero attached hydrogens (tertiary/aromatic N) is 1. The van der Waals surface area contributed by atoms with Gasteiger partial charge in [-0.15, -0.1) is 11.6 Å². The van der Waals surface area contributed by atoms with Crippen molar-refractivity contribution in [3.63, 3.8) is 0 Å². The number of hydrogen-bond acceptors (Lipinski definition) is 3. The van der Waals surface area contributed by atoms with Crippen LogP contribution in [0.2, 0.25) is 0 Å². The molecule has 0 aliphatic heterocycles. The van der Waals surface area contributed by atoms with Crippen molar-refractivity contribution in [3.05, 3.63) is 23.0 Å². The van der Waals surface area contributed by atoms with Crippen LogP contribution in [0.1, 0.15) is 28.0 Å². The molecule has 0 fully saturated rings. The quantitative estimate of drug-likeness (QED) is 0.629. The number of halogens is 3. The summed E-state index contributed by atoms with van der Waals surface area (Å²) in [5, 5.41) is 9.13. The number of hydrogen-bond donors (Lipinski definition) is 1. The van der Waals surface area contributed by atoms with Crippen LogP contribution < -0.4 is 0 Å². The van der Waals surface area contributed by atoms with E-state index < -0.39 is 17.9 Å². The Morgan fingerprint density at radius 2 is 2.29 bits per heavy atom. The fraction of sp³-hybridized carbons (Fsp3) is 0.250. The molecule has 0 unspecified atom stereocenters. The number of rotatable bonds is 3. The third kappa shape index (κ3) is 1.82. The highest BCUT2D eigenvalue weighted by atomic mass is 35.5. The van der Waals surface area contributed by atoms with E-state index in [-0.39, 0.29) is 23.3 Å². The van der Waals surface area contributed by atoms with Crippen molar-refractivity contribution in [2.45, 2.75) is 12.3 Å². The Hall–Kier alpha value is -1.23. The lowest BCUT2D eigenvalue weighted by Crippen LogP contribution is -2.01. The van der Waals surface area contributed by atoms with Gasteiger partial charge in [0, 0.05) is 5.56 Å². The molecule has 0 radical (unpaired) electrons. The first-order valence-electron chi connectivity index (χ1n) is 3.61. The number of carbonyl (C=O) groups is 1. The molecule has 14 heavy (non-hydrogen) atoms. The Balaban J connectivity index is 3.40. The Morgan fingerprint density at radius 3 is 2.71 bits per heavy atom. The Labute approximate surface area is 83.3 Å². The van der Waals surface area contributed by atoms with Gasteiger partial charge in [-0.1, -0.05) is 0 Å². The van der Waals surface area contributed by atoms with Gasteiger partial charge in [-0.2, -0.15) is 0 Å². The van der Waals surface area contributed by atoms with Crippen molar-refractivity contribution >= 4 is 17.9 Å². The van der Waals surface area contributed by atoms with E-state index in [1.165, 1.54) is 0 Å². The molecule has 0 bridgehead atoms. The summed E-state index contributed by atoms with van der Waals surface area (Å²) in [6.45, 7) is 0. The molecule has 0 aliphatic carbocycles. The maximum absolute atomic E-state index is 12.3. The second-order valence-electron chi connectivity index (χ2n) is 2.47. The molecule has 0 saturated heterocycles. The van der Waals surface area contributed by atoms with Gasteiger partial charge in [0.1, 0.15) is 11.4 Å². The highest BCUT2D eigenvalue weighted by Crippen LogP contribution is 2.28. The average Bonchev–Trinajstić information content (AvgIpc) is 2.16. The molecule has 1 rings (SSSR count). The van der Waals surface area contributed by atoms with Gasteiger partial charge in [-0.05, 0) is 0 Å². The largest absolute Gasteiger partial charge is 0.506 e. The summed E-state index contributed by atoms with van der Waals surface area (Å²) >= 11 is 5.39. The number of alkyl halides is 3.